The molecule has 0 radical (unpaired) electrons. The third-order valence-corrected chi connectivity index (χ3v) is 3.24. The van der Waals surface area contributed by atoms with Gasteiger partial charge in [0, 0.05) is 0 Å². The molecule has 0 spiro atoms. The first kappa shape index (κ1) is 16.7. The van der Waals surface area contributed by atoms with Crippen molar-refractivity contribution in [1.29, 1.82) is 0 Å². The van der Waals surface area contributed by atoms with Crippen LogP contribution in [0.2, 0.25) is 0 Å². The topological polar surface area (TPSA) is 50.7 Å². The van der Waals surface area contributed by atoms with Crippen LogP contribution in [0.25, 0.3) is 0 Å². The molecule has 0 aromatic heterocycles. The smallest absolute Gasteiger partial charge is 0.244 e. The maximum atomic E-state index is 11.8. The molecule has 0 bridgehead atoms. The predicted octanol–water partition coefficient (Wildman–Crippen LogP) is 3.56. The number of nitrogens with zero attached hydrogens (tertiary/aromatic N) is 1. The maximum absolute atomic E-state index is 11.8. The minimum Gasteiger partial charge on any atom is -0.494 e. The number of benzene rings is 2. The number of hydrogen-bond donors (Lipinski definition) is 1. The van der Waals surface area contributed by atoms with Crippen LogP contribution in [0.4, 0.5) is 0 Å². The highest BCUT2D eigenvalue weighted by Crippen LogP contribution is 2.12. The van der Waals surface area contributed by atoms with E-state index in [2.05, 4.69) is 17.5 Å². The lowest BCUT2D eigenvalue weighted by Crippen LogP contribution is -2.19. The van der Waals surface area contributed by atoms with E-state index in [0.717, 1.165) is 29.7 Å². The summed E-state index contributed by atoms with van der Waals surface area (Å²) in [4.78, 5) is 11.8. The van der Waals surface area contributed by atoms with Crippen molar-refractivity contribution < 1.29 is 9.53 Å². The van der Waals surface area contributed by atoms with Crippen molar-refractivity contribution in [1.82, 2.24) is 5.43 Å². The quantitative estimate of drug-likeness (QED) is 0.460. The van der Waals surface area contributed by atoms with Gasteiger partial charge >= 0.3 is 0 Å². The molecule has 1 N–H and O–H groups in total. The summed E-state index contributed by atoms with van der Waals surface area (Å²) in [5, 5.41) is 4.00. The molecule has 0 unspecified atom stereocenters. The number of unbranched alkanes of at least 4 members (excludes halogenated alkanes) is 1. The second-order valence-electron chi connectivity index (χ2n) is 5.23. The van der Waals surface area contributed by atoms with Crippen molar-refractivity contribution in [2.75, 3.05) is 6.61 Å². The molecule has 120 valence electrons. The zero-order chi connectivity index (χ0) is 16.3. The van der Waals surface area contributed by atoms with Crippen LogP contribution in [-0.4, -0.2) is 18.7 Å². The number of rotatable bonds is 8. The van der Waals surface area contributed by atoms with Crippen LogP contribution in [0.15, 0.2) is 59.7 Å². The maximum Gasteiger partial charge on any atom is 0.244 e. The van der Waals surface area contributed by atoms with Crippen LogP contribution in [0.1, 0.15) is 30.9 Å². The Kier molecular flexibility index (Phi) is 6.85. The molecule has 4 nitrogen and oxygen atoms in total. The van der Waals surface area contributed by atoms with Crippen molar-refractivity contribution in [3.63, 3.8) is 0 Å². The monoisotopic (exact) mass is 310 g/mol. The fraction of sp³-hybridized carbons (Fsp3) is 0.263. The molecule has 0 saturated carbocycles. The summed E-state index contributed by atoms with van der Waals surface area (Å²) < 4.78 is 5.64. The fourth-order valence-electron chi connectivity index (χ4n) is 2.02. The molecule has 0 aliphatic carbocycles. The van der Waals surface area contributed by atoms with Gasteiger partial charge in [0.1, 0.15) is 5.75 Å². The summed E-state index contributed by atoms with van der Waals surface area (Å²) in [6.45, 7) is 2.84. The van der Waals surface area contributed by atoms with Gasteiger partial charge in [0.2, 0.25) is 5.91 Å². The van der Waals surface area contributed by atoms with E-state index < -0.39 is 0 Å². The van der Waals surface area contributed by atoms with E-state index in [1.54, 1.807) is 6.21 Å². The summed E-state index contributed by atoms with van der Waals surface area (Å²) in [5.74, 6) is 0.681. The number of nitrogens with one attached hydrogen (secondary N) is 1. The average molecular weight is 310 g/mol. The molecule has 1 amide bonds. The molecular weight excluding hydrogens is 288 g/mol. The number of ether oxygens (including phenoxy) is 1. The Hall–Kier alpha value is -2.62. The Bertz CT molecular complexity index is 639. The zero-order valence-corrected chi connectivity index (χ0v) is 13.4. The Morgan fingerprint density at radius 1 is 1.17 bits per heavy atom. The first-order valence-corrected chi connectivity index (χ1v) is 7.86. The van der Waals surface area contributed by atoms with Gasteiger partial charge in [-0.05, 0) is 29.7 Å². The highest BCUT2D eigenvalue weighted by Gasteiger charge is 2.01. The number of hydrogen-bond acceptors (Lipinski definition) is 3. The first-order chi connectivity index (χ1) is 11.3. The molecule has 0 aliphatic heterocycles. The number of carbonyl (C=O) groups excluding carboxylic acids is 1. The van der Waals surface area contributed by atoms with Gasteiger partial charge in [-0.1, -0.05) is 55.8 Å². The lowest BCUT2D eigenvalue weighted by Gasteiger charge is -2.05. The van der Waals surface area contributed by atoms with Gasteiger partial charge in [0.05, 0.1) is 19.2 Å². The number of amides is 1. The summed E-state index contributed by atoms with van der Waals surface area (Å²) in [6, 6.07) is 17.2. The summed E-state index contributed by atoms with van der Waals surface area (Å²) in [6.07, 6.45) is 4.08. The Labute approximate surface area is 137 Å². The minimum atomic E-state index is -0.136. The molecule has 0 aliphatic rings. The summed E-state index contributed by atoms with van der Waals surface area (Å²) in [7, 11) is 0. The lowest BCUT2D eigenvalue weighted by atomic mass is 10.1. The second-order valence-corrected chi connectivity index (χ2v) is 5.23. The largest absolute Gasteiger partial charge is 0.494 e. The van der Waals surface area contributed by atoms with Crippen LogP contribution >= 0.6 is 0 Å². The van der Waals surface area contributed by atoms with Gasteiger partial charge in [0.25, 0.3) is 0 Å². The SMILES string of the molecule is CCCCOc1cccc(/C=N\NC(=O)Cc2ccccc2)c1. The van der Waals surface area contributed by atoms with Crippen LogP contribution in [0.5, 0.6) is 5.75 Å². The zero-order valence-electron chi connectivity index (χ0n) is 13.4. The van der Waals surface area contributed by atoms with Gasteiger partial charge in [-0.3, -0.25) is 4.79 Å². The van der Waals surface area contributed by atoms with E-state index in [1.165, 1.54) is 0 Å². The molecule has 0 fully saturated rings. The van der Waals surface area contributed by atoms with Crippen molar-refractivity contribution >= 4 is 12.1 Å². The molecule has 0 atom stereocenters. The van der Waals surface area contributed by atoms with E-state index in [4.69, 9.17) is 4.74 Å². The lowest BCUT2D eigenvalue weighted by molar-refractivity contribution is -0.120. The van der Waals surface area contributed by atoms with Gasteiger partial charge in [-0.25, -0.2) is 5.43 Å². The standard InChI is InChI=1S/C19H22N2O2/c1-2-3-12-23-18-11-7-10-17(13-18)15-20-21-19(22)14-16-8-5-4-6-9-16/h4-11,13,15H,2-3,12,14H2,1H3,(H,21,22)/b20-15-. The highest BCUT2D eigenvalue weighted by atomic mass is 16.5. The average Bonchev–Trinajstić information content (AvgIpc) is 2.56. The van der Waals surface area contributed by atoms with E-state index in [9.17, 15) is 4.79 Å². The van der Waals surface area contributed by atoms with E-state index in [1.807, 2.05) is 54.6 Å². The van der Waals surface area contributed by atoms with Gasteiger partial charge in [-0.2, -0.15) is 5.10 Å². The normalized spacial score (nSPS) is 10.7. The number of carbonyl (C=O) groups is 1. The Morgan fingerprint density at radius 2 is 2.00 bits per heavy atom. The second kappa shape index (κ2) is 9.41. The molecule has 2 rings (SSSR count). The summed E-state index contributed by atoms with van der Waals surface area (Å²) in [5.41, 5.74) is 4.39. The Morgan fingerprint density at radius 3 is 2.78 bits per heavy atom. The molecule has 23 heavy (non-hydrogen) atoms. The Balaban J connectivity index is 1.83. The third-order valence-electron chi connectivity index (χ3n) is 3.24. The van der Waals surface area contributed by atoms with Crippen molar-refractivity contribution in [2.45, 2.75) is 26.2 Å². The van der Waals surface area contributed by atoms with Crippen molar-refractivity contribution in [3.8, 4) is 5.75 Å². The van der Waals surface area contributed by atoms with Crippen LogP contribution in [0, 0.1) is 0 Å². The summed E-state index contributed by atoms with van der Waals surface area (Å²) >= 11 is 0. The van der Waals surface area contributed by atoms with Crippen LogP contribution in [0.3, 0.4) is 0 Å². The predicted molar refractivity (Wildman–Crippen MR) is 92.7 cm³/mol. The van der Waals surface area contributed by atoms with Crippen LogP contribution < -0.4 is 10.2 Å². The molecule has 0 saturated heterocycles. The molecule has 0 heterocycles. The molecule has 2 aromatic carbocycles. The van der Waals surface area contributed by atoms with E-state index in [-0.39, 0.29) is 5.91 Å². The first-order valence-electron chi connectivity index (χ1n) is 7.86. The molecule has 4 heteroatoms. The third kappa shape index (κ3) is 6.34. The highest BCUT2D eigenvalue weighted by molar-refractivity contribution is 5.83. The van der Waals surface area contributed by atoms with Crippen molar-refractivity contribution in [2.24, 2.45) is 5.10 Å². The van der Waals surface area contributed by atoms with Gasteiger partial charge in [0.15, 0.2) is 0 Å². The van der Waals surface area contributed by atoms with Crippen molar-refractivity contribution in [3.05, 3.63) is 65.7 Å². The minimum absolute atomic E-state index is 0.136. The van der Waals surface area contributed by atoms with E-state index in [0.29, 0.717) is 13.0 Å². The molecule has 2 aromatic rings. The number of hydrazone groups is 1. The molecular formula is C19H22N2O2. The fourth-order valence-corrected chi connectivity index (χ4v) is 2.02. The van der Waals surface area contributed by atoms with E-state index >= 15 is 0 Å². The van der Waals surface area contributed by atoms with Gasteiger partial charge < -0.3 is 4.74 Å². The van der Waals surface area contributed by atoms with Crippen LogP contribution in [-0.2, 0) is 11.2 Å². The van der Waals surface area contributed by atoms with Gasteiger partial charge in [-0.15, -0.1) is 0 Å².